The van der Waals surface area contributed by atoms with Crippen molar-refractivity contribution in [2.24, 2.45) is 0 Å². The lowest BCUT2D eigenvalue weighted by molar-refractivity contribution is 0.0369. The van der Waals surface area contributed by atoms with Gasteiger partial charge in [-0.05, 0) is 28.8 Å². The van der Waals surface area contributed by atoms with Crippen molar-refractivity contribution in [1.29, 1.82) is 0 Å². The van der Waals surface area contributed by atoms with Gasteiger partial charge in [-0.1, -0.05) is 66.7 Å². The van der Waals surface area contributed by atoms with Crippen molar-refractivity contribution < 1.29 is 13.2 Å². The van der Waals surface area contributed by atoms with Gasteiger partial charge in [-0.15, -0.1) is 0 Å². The minimum Gasteiger partial charge on any atom is -0.495 e. The van der Waals surface area contributed by atoms with Gasteiger partial charge in [0.2, 0.25) is 10.0 Å². The zero-order valence-electron chi connectivity index (χ0n) is 16.7. The topological polar surface area (TPSA) is 58.6 Å². The molecular weight excluding hydrogens is 396 g/mol. The van der Waals surface area contributed by atoms with E-state index >= 15 is 0 Å². The van der Waals surface area contributed by atoms with Crippen LogP contribution in [0.5, 0.6) is 5.75 Å². The molecule has 3 aromatic rings. The number of rotatable bonds is 5. The lowest BCUT2D eigenvalue weighted by Gasteiger charge is -2.57. The molecule has 3 atom stereocenters. The second kappa shape index (κ2) is 7.54. The summed E-state index contributed by atoms with van der Waals surface area (Å²) in [6.07, 6.45) is 0. The smallest absolute Gasteiger partial charge is 0.247 e. The van der Waals surface area contributed by atoms with Crippen LogP contribution in [0.4, 0.5) is 0 Å². The van der Waals surface area contributed by atoms with Crippen LogP contribution in [-0.4, -0.2) is 45.0 Å². The summed E-state index contributed by atoms with van der Waals surface area (Å²) >= 11 is 0. The van der Waals surface area contributed by atoms with E-state index in [0.717, 1.165) is 0 Å². The van der Waals surface area contributed by atoms with Crippen LogP contribution in [0, 0.1) is 0 Å². The minimum absolute atomic E-state index is 0.0961. The Balaban J connectivity index is 1.44. The Morgan fingerprint density at radius 2 is 1.43 bits per heavy atom. The maximum Gasteiger partial charge on any atom is 0.247 e. The van der Waals surface area contributed by atoms with Gasteiger partial charge in [0.1, 0.15) is 10.6 Å². The molecule has 2 fully saturated rings. The summed E-state index contributed by atoms with van der Waals surface area (Å²) in [5.74, 6) is 0.583. The molecule has 2 aliphatic heterocycles. The maximum absolute atomic E-state index is 13.4. The van der Waals surface area contributed by atoms with E-state index < -0.39 is 10.0 Å². The molecule has 30 heavy (non-hydrogen) atoms. The number of piperidine rings is 1. The second-order valence-corrected chi connectivity index (χ2v) is 9.60. The minimum atomic E-state index is -3.63. The number of hydrogen-bond donors (Lipinski definition) is 1. The summed E-state index contributed by atoms with van der Waals surface area (Å²) in [5, 5.41) is 3.37. The highest BCUT2D eigenvalue weighted by Crippen LogP contribution is 2.47. The van der Waals surface area contributed by atoms with Crippen molar-refractivity contribution in [3.63, 3.8) is 0 Å². The van der Waals surface area contributed by atoms with E-state index in [9.17, 15) is 8.42 Å². The van der Waals surface area contributed by atoms with Crippen molar-refractivity contribution in [2.45, 2.75) is 22.9 Å². The number of nitrogens with zero attached hydrogens (tertiary/aromatic N) is 1. The first-order valence-electron chi connectivity index (χ1n) is 10.1. The SMILES string of the molecule is COc1ccccc1S(=O)(=O)N1[C@@H]2CNC[C@H]1C2c1ccc(-c2ccccc2)cc1. The van der Waals surface area contributed by atoms with E-state index in [4.69, 9.17) is 4.74 Å². The van der Waals surface area contributed by atoms with Gasteiger partial charge in [0.15, 0.2) is 0 Å². The quantitative estimate of drug-likeness (QED) is 0.687. The molecule has 2 bridgehead atoms. The van der Waals surface area contributed by atoms with Crippen LogP contribution >= 0.6 is 0 Å². The summed E-state index contributed by atoms with van der Waals surface area (Å²) in [6, 6.07) is 25.5. The Labute approximate surface area is 177 Å². The lowest BCUT2D eigenvalue weighted by atomic mass is 9.74. The average Bonchev–Trinajstić information content (AvgIpc) is 2.80. The molecule has 0 amide bonds. The van der Waals surface area contributed by atoms with Gasteiger partial charge in [-0.3, -0.25) is 0 Å². The largest absolute Gasteiger partial charge is 0.495 e. The maximum atomic E-state index is 13.4. The number of sulfonamides is 1. The van der Waals surface area contributed by atoms with Crippen LogP contribution in [0.1, 0.15) is 11.5 Å². The van der Waals surface area contributed by atoms with Crippen molar-refractivity contribution >= 4 is 10.0 Å². The van der Waals surface area contributed by atoms with Crippen LogP contribution in [0.15, 0.2) is 83.8 Å². The Hall–Kier alpha value is -2.67. The number of nitrogens with one attached hydrogen (secondary N) is 1. The Kier molecular flexibility index (Phi) is 4.85. The zero-order valence-corrected chi connectivity index (χ0v) is 17.5. The molecule has 2 heterocycles. The highest BCUT2D eigenvalue weighted by molar-refractivity contribution is 7.89. The Morgan fingerprint density at radius 1 is 0.833 bits per heavy atom. The van der Waals surface area contributed by atoms with Gasteiger partial charge >= 0.3 is 0 Å². The van der Waals surface area contributed by atoms with Crippen molar-refractivity contribution in [2.75, 3.05) is 20.2 Å². The molecule has 0 spiro atoms. The Bertz CT molecular complexity index is 1130. The van der Waals surface area contributed by atoms with Gasteiger partial charge in [-0.2, -0.15) is 4.31 Å². The van der Waals surface area contributed by atoms with E-state index in [-0.39, 0.29) is 22.9 Å². The molecule has 154 valence electrons. The molecule has 5 nitrogen and oxygen atoms in total. The number of hydrogen-bond acceptors (Lipinski definition) is 4. The molecule has 5 rings (SSSR count). The normalized spacial score (nSPS) is 23.6. The third-order valence-corrected chi connectivity index (χ3v) is 8.21. The monoisotopic (exact) mass is 420 g/mol. The summed E-state index contributed by atoms with van der Waals surface area (Å²) < 4.78 is 33.9. The fraction of sp³-hybridized carbons (Fsp3) is 0.250. The molecule has 0 aromatic heterocycles. The number of ether oxygens (including phenoxy) is 1. The molecule has 0 radical (unpaired) electrons. The fourth-order valence-electron chi connectivity index (χ4n) is 4.81. The van der Waals surface area contributed by atoms with Crippen molar-refractivity contribution in [3.8, 4) is 16.9 Å². The third kappa shape index (κ3) is 3.03. The van der Waals surface area contributed by atoms with Crippen LogP contribution in [0.3, 0.4) is 0 Å². The zero-order chi connectivity index (χ0) is 20.7. The van der Waals surface area contributed by atoms with E-state index in [1.54, 1.807) is 28.6 Å². The van der Waals surface area contributed by atoms with E-state index in [0.29, 0.717) is 18.8 Å². The standard InChI is InChI=1S/C24H24N2O3S/c1-29-22-9-5-6-10-23(22)30(27,28)26-20-15-25-16-21(26)24(20)19-13-11-18(12-14-19)17-7-3-2-4-8-17/h2-14,20-21,24-25H,15-16H2,1H3/t20-,21+,24?. The highest BCUT2D eigenvalue weighted by Gasteiger charge is 2.57. The van der Waals surface area contributed by atoms with Gasteiger partial charge in [0.25, 0.3) is 0 Å². The fourth-order valence-corrected chi connectivity index (χ4v) is 6.81. The summed E-state index contributed by atoms with van der Waals surface area (Å²) in [5.41, 5.74) is 3.54. The van der Waals surface area contributed by atoms with Gasteiger partial charge < -0.3 is 10.1 Å². The van der Waals surface area contributed by atoms with E-state index in [2.05, 4.69) is 41.7 Å². The number of benzene rings is 3. The van der Waals surface area contributed by atoms with Crippen LogP contribution in [0.2, 0.25) is 0 Å². The molecular formula is C24H24N2O3S. The van der Waals surface area contributed by atoms with Crippen LogP contribution in [0.25, 0.3) is 11.1 Å². The first-order valence-corrected chi connectivity index (χ1v) is 11.6. The van der Waals surface area contributed by atoms with Crippen LogP contribution in [-0.2, 0) is 10.0 Å². The Morgan fingerprint density at radius 3 is 2.10 bits per heavy atom. The molecule has 3 aromatic carbocycles. The summed E-state index contributed by atoms with van der Waals surface area (Å²) in [6.45, 7) is 1.30. The lowest BCUT2D eigenvalue weighted by Crippen LogP contribution is -2.73. The molecule has 2 aliphatic rings. The average molecular weight is 421 g/mol. The highest BCUT2D eigenvalue weighted by atomic mass is 32.2. The molecule has 0 saturated carbocycles. The van der Waals surface area contributed by atoms with Gasteiger partial charge in [0, 0.05) is 31.1 Å². The number of para-hydroxylation sites is 1. The predicted octanol–water partition coefficient (Wildman–Crippen LogP) is 3.49. The molecule has 6 heteroatoms. The molecule has 1 unspecified atom stereocenters. The van der Waals surface area contributed by atoms with E-state index in [1.165, 1.54) is 23.8 Å². The predicted molar refractivity (Wildman–Crippen MR) is 117 cm³/mol. The second-order valence-electron chi connectivity index (χ2n) is 7.79. The first kappa shape index (κ1) is 19.3. The van der Waals surface area contributed by atoms with Crippen molar-refractivity contribution in [3.05, 3.63) is 84.4 Å². The van der Waals surface area contributed by atoms with E-state index in [1.807, 2.05) is 18.2 Å². The number of methoxy groups -OCH3 is 1. The molecule has 2 saturated heterocycles. The molecule has 0 aliphatic carbocycles. The first-order chi connectivity index (χ1) is 14.6. The summed E-state index contributed by atoms with van der Waals surface area (Å²) in [7, 11) is -2.12. The van der Waals surface area contributed by atoms with Crippen molar-refractivity contribution in [1.82, 2.24) is 9.62 Å². The van der Waals surface area contributed by atoms with Crippen LogP contribution < -0.4 is 10.1 Å². The summed E-state index contributed by atoms with van der Waals surface area (Å²) in [4.78, 5) is 0.238. The number of piperazine rings is 1. The number of fused-ring (bicyclic) bond motifs is 2. The third-order valence-electron chi connectivity index (χ3n) is 6.22. The molecule has 1 N–H and O–H groups in total. The van der Waals surface area contributed by atoms with Gasteiger partial charge in [0.05, 0.1) is 7.11 Å². The van der Waals surface area contributed by atoms with Gasteiger partial charge in [-0.25, -0.2) is 8.42 Å².